The normalized spacial score (nSPS) is 19.5. The number of benzene rings is 1. The Morgan fingerprint density at radius 3 is 2.79 bits per heavy atom. The van der Waals surface area contributed by atoms with Gasteiger partial charge in [-0.15, -0.1) is 0 Å². The van der Waals surface area contributed by atoms with Crippen molar-refractivity contribution in [2.24, 2.45) is 0 Å². The van der Waals surface area contributed by atoms with E-state index in [9.17, 15) is 9.59 Å². The highest BCUT2D eigenvalue weighted by Crippen LogP contribution is 2.29. The molecule has 3 N–H and O–H groups in total. The maximum Gasteiger partial charge on any atom is 0.267 e. The average molecular weight is 380 g/mol. The molecule has 2 heterocycles. The van der Waals surface area contributed by atoms with Gasteiger partial charge in [0.25, 0.3) is 5.56 Å². The lowest BCUT2D eigenvalue weighted by molar-refractivity contribution is -0.121. The molecule has 2 aromatic heterocycles. The van der Waals surface area contributed by atoms with E-state index in [-0.39, 0.29) is 30.0 Å². The molecule has 28 heavy (non-hydrogen) atoms. The first-order valence-corrected chi connectivity index (χ1v) is 9.65. The van der Waals surface area contributed by atoms with Gasteiger partial charge in [-0.25, -0.2) is 0 Å². The standard InChI is InChI=1S/C21H24N4O3/c1-13-18(21(27)25-24-13)11-20(26)23-15-5-7-16(8-6-15)28-19-4-2-3-14-12-22-10-9-17(14)19/h2-4,9-10,12,15-16H,5-8,11H2,1H3,(H,23,26)(H2,24,25,27). The van der Waals surface area contributed by atoms with Crippen LogP contribution in [0.5, 0.6) is 5.75 Å². The molecule has 146 valence electrons. The number of nitrogens with zero attached hydrogens (tertiary/aromatic N) is 1. The number of aryl methyl sites for hydroxylation is 1. The van der Waals surface area contributed by atoms with E-state index in [4.69, 9.17) is 4.74 Å². The smallest absolute Gasteiger partial charge is 0.267 e. The van der Waals surface area contributed by atoms with Gasteiger partial charge in [0.1, 0.15) is 5.75 Å². The molecule has 7 nitrogen and oxygen atoms in total. The molecule has 1 aromatic carbocycles. The van der Waals surface area contributed by atoms with Crippen LogP contribution in [0.25, 0.3) is 10.8 Å². The highest BCUT2D eigenvalue weighted by atomic mass is 16.5. The van der Waals surface area contributed by atoms with Crippen LogP contribution in [0.15, 0.2) is 41.5 Å². The van der Waals surface area contributed by atoms with Crippen molar-refractivity contribution in [3.63, 3.8) is 0 Å². The fourth-order valence-corrected chi connectivity index (χ4v) is 3.82. The second kappa shape index (κ2) is 7.88. The van der Waals surface area contributed by atoms with Crippen molar-refractivity contribution in [2.45, 2.75) is 51.2 Å². The van der Waals surface area contributed by atoms with Crippen molar-refractivity contribution in [3.8, 4) is 5.75 Å². The molecule has 4 rings (SSSR count). The molecular formula is C21H24N4O3. The number of hydrogen-bond donors (Lipinski definition) is 3. The van der Waals surface area contributed by atoms with Gasteiger partial charge in [-0.3, -0.25) is 19.7 Å². The van der Waals surface area contributed by atoms with E-state index in [0.717, 1.165) is 42.2 Å². The predicted molar refractivity (Wildman–Crippen MR) is 106 cm³/mol. The Labute approximate surface area is 162 Å². The van der Waals surface area contributed by atoms with Gasteiger partial charge in [-0.1, -0.05) is 12.1 Å². The SMILES string of the molecule is Cc1[nH][nH]c(=O)c1CC(=O)NC1CCC(Oc2cccc3cnccc23)CC1. The third-order valence-electron chi connectivity index (χ3n) is 5.40. The third-order valence-corrected chi connectivity index (χ3v) is 5.40. The van der Waals surface area contributed by atoms with Gasteiger partial charge in [0.15, 0.2) is 0 Å². The molecule has 1 amide bonds. The monoisotopic (exact) mass is 380 g/mol. The number of rotatable bonds is 5. The van der Waals surface area contributed by atoms with Crippen LogP contribution in [0.1, 0.15) is 36.9 Å². The summed E-state index contributed by atoms with van der Waals surface area (Å²) < 4.78 is 6.25. The van der Waals surface area contributed by atoms with Crippen molar-refractivity contribution >= 4 is 16.7 Å². The number of hydrogen-bond acceptors (Lipinski definition) is 4. The molecule has 0 unspecified atom stereocenters. The van der Waals surface area contributed by atoms with Gasteiger partial charge in [-0.05, 0) is 44.7 Å². The summed E-state index contributed by atoms with van der Waals surface area (Å²) >= 11 is 0. The Morgan fingerprint density at radius 2 is 2.04 bits per heavy atom. The third kappa shape index (κ3) is 3.93. The summed E-state index contributed by atoms with van der Waals surface area (Å²) in [5.74, 6) is 0.772. The van der Waals surface area contributed by atoms with Crippen molar-refractivity contribution in [3.05, 3.63) is 58.3 Å². The van der Waals surface area contributed by atoms with Crippen LogP contribution in [0.3, 0.4) is 0 Å². The van der Waals surface area contributed by atoms with Gasteiger partial charge < -0.3 is 15.2 Å². The van der Waals surface area contributed by atoms with Crippen molar-refractivity contribution in [1.82, 2.24) is 20.5 Å². The molecule has 0 saturated heterocycles. The first kappa shape index (κ1) is 18.3. The lowest BCUT2D eigenvalue weighted by atomic mass is 9.92. The number of aromatic amines is 2. The number of ether oxygens (including phenoxy) is 1. The van der Waals surface area contributed by atoms with Crippen LogP contribution in [0.2, 0.25) is 0 Å². The molecule has 0 radical (unpaired) electrons. The Kier molecular flexibility index (Phi) is 5.14. The average Bonchev–Trinajstić information content (AvgIpc) is 3.02. The summed E-state index contributed by atoms with van der Waals surface area (Å²) in [7, 11) is 0. The number of carbonyl (C=O) groups is 1. The zero-order valence-electron chi connectivity index (χ0n) is 15.8. The fraction of sp³-hybridized carbons (Fsp3) is 0.381. The van der Waals surface area contributed by atoms with Gasteiger partial charge in [-0.2, -0.15) is 0 Å². The van der Waals surface area contributed by atoms with E-state index >= 15 is 0 Å². The maximum atomic E-state index is 12.3. The van der Waals surface area contributed by atoms with Crippen LogP contribution in [-0.2, 0) is 11.2 Å². The Morgan fingerprint density at radius 1 is 1.21 bits per heavy atom. The largest absolute Gasteiger partial charge is 0.490 e. The van der Waals surface area contributed by atoms with Crippen molar-refractivity contribution < 1.29 is 9.53 Å². The molecule has 1 aliphatic carbocycles. The van der Waals surface area contributed by atoms with Crippen LogP contribution in [-0.4, -0.2) is 33.2 Å². The summed E-state index contributed by atoms with van der Waals surface area (Å²) in [6.45, 7) is 1.78. The van der Waals surface area contributed by atoms with E-state index in [2.05, 4.69) is 20.5 Å². The summed E-state index contributed by atoms with van der Waals surface area (Å²) in [6, 6.07) is 8.10. The van der Waals surface area contributed by atoms with Crippen molar-refractivity contribution in [1.29, 1.82) is 0 Å². The summed E-state index contributed by atoms with van der Waals surface area (Å²) in [6.07, 6.45) is 7.36. The number of nitrogens with one attached hydrogen (secondary N) is 3. The van der Waals surface area contributed by atoms with Crippen LogP contribution in [0, 0.1) is 6.92 Å². The topological polar surface area (TPSA) is 99.9 Å². The molecule has 0 bridgehead atoms. The molecule has 3 aromatic rings. The Balaban J connectivity index is 1.31. The second-order valence-corrected chi connectivity index (χ2v) is 7.37. The molecule has 1 aliphatic rings. The number of amides is 1. The van der Waals surface area contributed by atoms with Gasteiger partial charge in [0, 0.05) is 40.5 Å². The maximum absolute atomic E-state index is 12.3. The van der Waals surface area contributed by atoms with Gasteiger partial charge >= 0.3 is 0 Å². The summed E-state index contributed by atoms with van der Waals surface area (Å²) in [5.41, 5.74) is 0.984. The number of pyridine rings is 1. The van der Waals surface area contributed by atoms with Gasteiger partial charge in [0.05, 0.1) is 12.5 Å². The highest BCUT2D eigenvalue weighted by Gasteiger charge is 2.24. The zero-order valence-corrected chi connectivity index (χ0v) is 15.8. The second-order valence-electron chi connectivity index (χ2n) is 7.37. The molecule has 0 spiro atoms. The fourth-order valence-electron chi connectivity index (χ4n) is 3.82. The van der Waals surface area contributed by atoms with Crippen molar-refractivity contribution in [2.75, 3.05) is 0 Å². The van der Waals surface area contributed by atoms with E-state index in [1.54, 1.807) is 13.1 Å². The number of H-pyrrole nitrogens is 2. The number of aromatic nitrogens is 3. The molecular weight excluding hydrogens is 356 g/mol. The first-order valence-electron chi connectivity index (χ1n) is 9.65. The highest BCUT2D eigenvalue weighted by molar-refractivity contribution is 5.87. The predicted octanol–water partition coefficient (Wildman–Crippen LogP) is 2.61. The number of fused-ring (bicyclic) bond motifs is 1. The van der Waals surface area contributed by atoms with Crippen LogP contribution >= 0.6 is 0 Å². The van der Waals surface area contributed by atoms with Crippen LogP contribution < -0.4 is 15.6 Å². The Bertz CT molecular complexity index is 1030. The molecule has 1 saturated carbocycles. The lowest BCUT2D eigenvalue weighted by Gasteiger charge is -2.29. The van der Waals surface area contributed by atoms with E-state index in [0.29, 0.717) is 11.3 Å². The molecule has 1 fully saturated rings. The van der Waals surface area contributed by atoms with E-state index in [1.165, 1.54) is 0 Å². The van der Waals surface area contributed by atoms with E-state index in [1.807, 2.05) is 30.5 Å². The van der Waals surface area contributed by atoms with Gasteiger partial charge in [0.2, 0.25) is 5.91 Å². The minimum Gasteiger partial charge on any atom is -0.490 e. The molecule has 0 atom stereocenters. The van der Waals surface area contributed by atoms with Crippen LogP contribution in [0.4, 0.5) is 0 Å². The first-order chi connectivity index (χ1) is 13.6. The summed E-state index contributed by atoms with van der Waals surface area (Å²) in [4.78, 5) is 28.1. The Hall–Kier alpha value is -3.09. The summed E-state index contributed by atoms with van der Waals surface area (Å²) in [5, 5.41) is 10.4. The molecule has 7 heteroatoms. The lowest BCUT2D eigenvalue weighted by Crippen LogP contribution is -2.40. The number of carbonyl (C=O) groups excluding carboxylic acids is 1. The minimum absolute atomic E-state index is 0.102. The zero-order chi connectivity index (χ0) is 19.5. The van der Waals surface area contributed by atoms with E-state index < -0.39 is 0 Å². The minimum atomic E-state index is -0.227. The molecule has 0 aliphatic heterocycles. The quantitative estimate of drug-likeness (QED) is 0.633.